The highest BCUT2D eigenvalue weighted by atomic mass is 16.3. The molecule has 2 nitrogen and oxygen atoms in total. The normalized spacial score (nSPS) is 39.3. The van der Waals surface area contributed by atoms with Crippen molar-refractivity contribution in [3.63, 3.8) is 0 Å². The van der Waals surface area contributed by atoms with Gasteiger partial charge in [-0.05, 0) is 43.9 Å². The molecule has 2 rings (SSSR count). The molecule has 2 heteroatoms. The molecule has 0 spiro atoms. The summed E-state index contributed by atoms with van der Waals surface area (Å²) in [7, 11) is 0. The first-order chi connectivity index (χ1) is 7.58. The minimum Gasteiger partial charge on any atom is -0.396 e. The summed E-state index contributed by atoms with van der Waals surface area (Å²) < 4.78 is 0. The highest BCUT2D eigenvalue weighted by molar-refractivity contribution is 5.90. The number of rotatable bonds is 5. The summed E-state index contributed by atoms with van der Waals surface area (Å²) in [5.41, 5.74) is -0.0158. The number of hydrogen-bond donors (Lipinski definition) is 1. The molecule has 2 aliphatic carbocycles. The van der Waals surface area contributed by atoms with E-state index in [0.29, 0.717) is 23.5 Å². The van der Waals surface area contributed by atoms with Crippen LogP contribution in [0, 0.1) is 23.2 Å². The smallest absolute Gasteiger partial charge is 0.142 e. The molecular weight excluding hydrogens is 200 g/mol. The Bertz CT molecular complexity index is 274. The van der Waals surface area contributed by atoms with Crippen molar-refractivity contribution in [1.82, 2.24) is 0 Å². The number of aliphatic hydroxyl groups is 1. The first kappa shape index (κ1) is 12.1. The van der Waals surface area contributed by atoms with Gasteiger partial charge in [-0.25, -0.2) is 0 Å². The number of ketones is 1. The number of aliphatic hydroxyl groups excluding tert-OH is 1. The van der Waals surface area contributed by atoms with Gasteiger partial charge in [0.05, 0.1) is 0 Å². The van der Waals surface area contributed by atoms with Crippen LogP contribution >= 0.6 is 0 Å². The molecule has 0 aliphatic heterocycles. The summed E-state index contributed by atoms with van der Waals surface area (Å²) in [4.78, 5) is 12.2. The predicted molar refractivity (Wildman–Crippen MR) is 64.0 cm³/mol. The minimum absolute atomic E-state index is 0.0158. The van der Waals surface area contributed by atoms with E-state index in [1.54, 1.807) is 0 Å². The van der Waals surface area contributed by atoms with Crippen LogP contribution in [0.4, 0.5) is 0 Å². The maximum Gasteiger partial charge on any atom is 0.142 e. The van der Waals surface area contributed by atoms with Gasteiger partial charge in [0.25, 0.3) is 0 Å². The van der Waals surface area contributed by atoms with Crippen LogP contribution < -0.4 is 0 Å². The van der Waals surface area contributed by atoms with Gasteiger partial charge in [0.1, 0.15) is 5.78 Å². The van der Waals surface area contributed by atoms with Crippen LogP contribution in [0.1, 0.15) is 52.4 Å². The van der Waals surface area contributed by atoms with Crippen LogP contribution in [-0.4, -0.2) is 17.5 Å². The molecule has 0 radical (unpaired) electrons. The molecule has 4 unspecified atom stereocenters. The Balaban J connectivity index is 1.86. The summed E-state index contributed by atoms with van der Waals surface area (Å²) >= 11 is 0. The molecule has 2 bridgehead atoms. The van der Waals surface area contributed by atoms with Crippen molar-refractivity contribution in [3.8, 4) is 0 Å². The Morgan fingerprint density at radius 2 is 2.25 bits per heavy atom. The highest BCUT2D eigenvalue weighted by Crippen LogP contribution is 2.55. The van der Waals surface area contributed by atoms with E-state index in [9.17, 15) is 4.79 Å². The van der Waals surface area contributed by atoms with Gasteiger partial charge in [-0.3, -0.25) is 4.79 Å². The van der Waals surface area contributed by atoms with Crippen LogP contribution in [0.3, 0.4) is 0 Å². The van der Waals surface area contributed by atoms with Gasteiger partial charge in [0.2, 0.25) is 0 Å². The van der Waals surface area contributed by atoms with Crippen LogP contribution in [0.5, 0.6) is 0 Å². The summed E-state index contributed by atoms with van der Waals surface area (Å²) in [5, 5.41) is 8.98. The fraction of sp³-hybridized carbons (Fsp3) is 0.929. The maximum absolute atomic E-state index is 12.2. The molecule has 1 N–H and O–H groups in total. The van der Waals surface area contributed by atoms with E-state index in [4.69, 9.17) is 5.11 Å². The molecule has 2 saturated carbocycles. The summed E-state index contributed by atoms with van der Waals surface area (Å²) in [6.45, 7) is 4.53. The molecule has 92 valence electrons. The molecule has 0 aromatic rings. The van der Waals surface area contributed by atoms with Crippen molar-refractivity contribution < 1.29 is 9.90 Å². The van der Waals surface area contributed by atoms with Crippen LogP contribution in [0.25, 0.3) is 0 Å². The first-order valence-corrected chi connectivity index (χ1v) is 6.73. The summed E-state index contributed by atoms with van der Waals surface area (Å²) in [6, 6.07) is 0. The molecule has 4 atom stereocenters. The number of carbonyl (C=O) groups is 1. The van der Waals surface area contributed by atoms with Gasteiger partial charge in [0.15, 0.2) is 0 Å². The predicted octanol–water partition coefficient (Wildman–Crippen LogP) is 2.79. The fourth-order valence-electron chi connectivity index (χ4n) is 3.70. The second-order valence-electron chi connectivity index (χ2n) is 6.17. The second kappa shape index (κ2) is 4.48. The lowest BCUT2D eigenvalue weighted by Gasteiger charge is -2.32. The quantitative estimate of drug-likeness (QED) is 0.779. The maximum atomic E-state index is 12.2. The molecule has 0 heterocycles. The van der Waals surface area contributed by atoms with Gasteiger partial charge in [0, 0.05) is 17.9 Å². The molecular formula is C14H24O2. The third kappa shape index (κ3) is 1.92. The molecule has 16 heavy (non-hydrogen) atoms. The monoisotopic (exact) mass is 224 g/mol. The molecule has 0 saturated heterocycles. The lowest BCUT2D eigenvalue weighted by molar-refractivity contribution is -0.131. The minimum atomic E-state index is -0.0158. The van der Waals surface area contributed by atoms with Crippen molar-refractivity contribution in [1.29, 1.82) is 0 Å². The standard InChI is InChI=1S/C14H24O2/c1-10(9-15)4-3-7-14(2)12-6-5-11(8-12)13(14)16/h10-12,15H,3-9H2,1-2H3. The van der Waals surface area contributed by atoms with E-state index in [1.165, 1.54) is 6.42 Å². The van der Waals surface area contributed by atoms with Crippen molar-refractivity contribution in [2.45, 2.75) is 52.4 Å². The van der Waals surface area contributed by atoms with Crippen molar-refractivity contribution in [3.05, 3.63) is 0 Å². The van der Waals surface area contributed by atoms with E-state index >= 15 is 0 Å². The van der Waals surface area contributed by atoms with Crippen LogP contribution in [-0.2, 0) is 4.79 Å². The number of fused-ring (bicyclic) bond motifs is 2. The van der Waals surface area contributed by atoms with E-state index in [2.05, 4.69) is 13.8 Å². The molecule has 0 aromatic heterocycles. The van der Waals surface area contributed by atoms with E-state index in [-0.39, 0.29) is 12.0 Å². The van der Waals surface area contributed by atoms with Crippen molar-refractivity contribution in [2.24, 2.45) is 23.2 Å². The Morgan fingerprint density at radius 3 is 2.81 bits per heavy atom. The zero-order valence-corrected chi connectivity index (χ0v) is 10.5. The average molecular weight is 224 g/mol. The molecule has 0 amide bonds. The van der Waals surface area contributed by atoms with Crippen molar-refractivity contribution in [2.75, 3.05) is 6.61 Å². The SMILES string of the molecule is CC(CO)CCCC1(C)C(=O)C2CCC1C2. The number of carbonyl (C=O) groups excluding carboxylic acids is 1. The van der Waals surface area contributed by atoms with Gasteiger partial charge >= 0.3 is 0 Å². The number of hydrogen-bond acceptors (Lipinski definition) is 2. The van der Waals surface area contributed by atoms with Gasteiger partial charge < -0.3 is 5.11 Å². The first-order valence-electron chi connectivity index (χ1n) is 6.73. The van der Waals surface area contributed by atoms with Gasteiger partial charge in [-0.2, -0.15) is 0 Å². The fourth-order valence-corrected chi connectivity index (χ4v) is 3.70. The third-order valence-electron chi connectivity index (χ3n) is 4.97. The van der Waals surface area contributed by atoms with Gasteiger partial charge in [-0.1, -0.05) is 20.3 Å². The lowest BCUT2D eigenvalue weighted by atomic mass is 9.70. The van der Waals surface area contributed by atoms with Crippen LogP contribution in [0.15, 0.2) is 0 Å². The van der Waals surface area contributed by atoms with Crippen LogP contribution in [0.2, 0.25) is 0 Å². The Morgan fingerprint density at radius 1 is 1.50 bits per heavy atom. The highest BCUT2D eigenvalue weighted by Gasteiger charge is 2.54. The Kier molecular flexibility index (Phi) is 3.39. The second-order valence-corrected chi connectivity index (χ2v) is 6.17. The molecule has 2 aliphatic rings. The lowest BCUT2D eigenvalue weighted by Crippen LogP contribution is -2.33. The Hall–Kier alpha value is -0.370. The average Bonchev–Trinajstić information content (AvgIpc) is 2.83. The summed E-state index contributed by atoms with van der Waals surface area (Å²) in [5.74, 6) is 1.98. The number of Topliss-reactive ketones (excluding diaryl/α,β-unsaturated/α-hetero) is 1. The van der Waals surface area contributed by atoms with Crippen molar-refractivity contribution >= 4 is 5.78 Å². The van der Waals surface area contributed by atoms with E-state index in [0.717, 1.165) is 32.1 Å². The largest absolute Gasteiger partial charge is 0.396 e. The zero-order valence-electron chi connectivity index (χ0n) is 10.5. The van der Waals surface area contributed by atoms with Gasteiger partial charge in [-0.15, -0.1) is 0 Å². The van der Waals surface area contributed by atoms with E-state index in [1.807, 2.05) is 0 Å². The topological polar surface area (TPSA) is 37.3 Å². The van der Waals surface area contributed by atoms with E-state index < -0.39 is 0 Å². The zero-order chi connectivity index (χ0) is 11.8. The molecule has 2 fully saturated rings. The molecule has 0 aromatic carbocycles. The summed E-state index contributed by atoms with van der Waals surface area (Å²) in [6.07, 6.45) is 6.75. The third-order valence-corrected chi connectivity index (χ3v) is 4.97. The Labute approximate surface area is 98.4 Å².